The molecular weight excluding hydrogens is 461 g/mol. The van der Waals surface area contributed by atoms with Crippen LogP contribution >= 0.6 is 27.5 Å². The Kier molecular flexibility index (Phi) is 5.93. The molecule has 0 atom stereocenters. The Labute approximate surface area is 168 Å². The summed E-state index contributed by atoms with van der Waals surface area (Å²) in [7, 11) is -4.07. The molecule has 0 fully saturated rings. The standard InChI is InChI=1S/C17H12BrClFN3O3S/c18-15-9-21-16(17(22-15)26-10-11-4-2-1-3-5-11)23-27(24,25)12-6-7-14(20)13(19)8-12/h1-9H,10H2,(H,21,23). The van der Waals surface area contributed by atoms with E-state index in [1.54, 1.807) is 0 Å². The first kappa shape index (κ1) is 19.5. The van der Waals surface area contributed by atoms with Gasteiger partial charge in [0, 0.05) is 0 Å². The van der Waals surface area contributed by atoms with Crippen LogP contribution in [0.2, 0.25) is 5.02 Å². The van der Waals surface area contributed by atoms with Crippen LogP contribution < -0.4 is 9.46 Å². The van der Waals surface area contributed by atoms with Crippen molar-refractivity contribution >= 4 is 43.4 Å². The number of nitrogens with zero attached hydrogens (tertiary/aromatic N) is 2. The Morgan fingerprint density at radius 3 is 2.63 bits per heavy atom. The summed E-state index contributed by atoms with van der Waals surface area (Å²) in [6, 6.07) is 12.4. The average molecular weight is 473 g/mol. The fraction of sp³-hybridized carbons (Fsp3) is 0.0588. The quantitative estimate of drug-likeness (QED) is 0.575. The molecule has 0 spiro atoms. The van der Waals surface area contributed by atoms with Crippen molar-refractivity contribution in [2.75, 3.05) is 4.72 Å². The first-order valence-electron chi connectivity index (χ1n) is 7.52. The van der Waals surface area contributed by atoms with Crippen LogP contribution in [-0.2, 0) is 16.6 Å². The van der Waals surface area contributed by atoms with E-state index in [1.807, 2.05) is 30.3 Å². The first-order chi connectivity index (χ1) is 12.8. The van der Waals surface area contributed by atoms with E-state index < -0.39 is 15.8 Å². The van der Waals surface area contributed by atoms with Crippen molar-refractivity contribution in [3.05, 3.63) is 75.7 Å². The lowest BCUT2D eigenvalue weighted by Crippen LogP contribution is -2.15. The van der Waals surface area contributed by atoms with Crippen LogP contribution in [0.1, 0.15) is 5.56 Å². The third-order valence-corrected chi connectivity index (χ3v) is 5.37. The Bertz CT molecular complexity index is 1070. The lowest BCUT2D eigenvalue weighted by Gasteiger charge is -2.12. The van der Waals surface area contributed by atoms with Crippen LogP contribution in [0.3, 0.4) is 0 Å². The fourth-order valence-corrected chi connectivity index (χ4v) is 3.62. The summed E-state index contributed by atoms with van der Waals surface area (Å²) >= 11 is 8.84. The molecule has 0 aliphatic rings. The molecule has 1 heterocycles. The van der Waals surface area contributed by atoms with Gasteiger partial charge >= 0.3 is 0 Å². The van der Waals surface area contributed by atoms with Crippen LogP contribution in [0, 0.1) is 5.82 Å². The van der Waals surface area contributed by atoms with Crippen LogP contribution in [-0.4, -0.2) is 18.4 Å². The van der Waals surface area contributed by atoms with Crippen molar-refractivity contribution < 1.29 is 17.5 Å². The number of aromatic nitrogens is 2. The number of hydrogen-bond donors (Lipinski definition) is 1. The highest BCUT2D eigenvalue weighted by atomic mass is 79.9. The molecular formula is C17H12BrClFN3O3S. The first-order valence-corrected chi connectivity index (χ1v) is 10.2. The maximum atomic E-state index is 13.3. The van der Waals surface area contributed by atoms with Crippen molar-refractivity contribution in [3.63, 3.8) is 0 Å². The zero-order chi connectivity index (χ0) is 19.4. The molecule has 3 rings (SSSR count). The molecule has 0 aliphatic heterocycles. The number of nitrogens with one attached hydrogen (secondary N) is 1. The van der Waals surface area contributed by atoms with Crippen molar-refractivity contribution in [2.24, 2.45) is 0 Å². The van der Waals surface area contributed by atoms with Gasteiger partial charge < -0.3 is 4.74 Å². The van der Waals surface area contributed by atoms with Crippen LogP contribution in [0.25, 0.3) is 0 Å². The second kappa shape index (κ2) is 8.20. The molecule has 1 N–H and O–H groups in total. The van der Waals surface area contributed by atoms with Crippen molar-refractivity contribution in [1.29, 1.82) is 0 Å². The van der Waals surface area contributed by atoms with E-state index in [0.29, 0.717) is 4.60 Å². The summed E-state index contributed by atoms with van der Waals surface area (Å²) in [6.45, 7) is 0.170. The highest BCUT2D eigenvalue weighted by molar-refractivity contribution is 9.10. The predicted molar refractivity (Wildman–Crippen MR) is 103 cm³/mol. The molecule has 2 aromatic carbocycles. The molecule has 0 bridgehead atoms. The number of ether oxygens (including phenoxy) is 1. The van der Waals surface area contributed by atoms with Gasteiger partial charge in [-0.3, -0.25) is 4.72 Å². The maximum absolute atomic E-state index is 13.3. The molecule has 0 saturated heterocycles. The Morgan fingerprint density at radius 1 is 1.19 bits per heavy atom. The largest absolute Gasteiger partial charge is 0.470 e. The Hall–Kier alpha value is -2.23. The van der Waals surface area contributed by atoms with Crippen LogP contribution in [0.15, 0.2) is 64.2 Å². The van der Waals surface area contributed by atoms with Gasteiger partial charge in [0.15, 0.2) is 0 Å². The number of sulfonamides is 1. The lowest BCUT2D eigenvalue weighted by atomic mass is 10.2. The second-order valence-electron chi connectivity index (χ2n) is 5.30. The van der Waals surface area contributed by atoms with E-state index in [2.05, 4.69) is 30.6 Å². The smallest absolute Gasteiger partial charge is 0.263 e. The third-order valence-electron chi connectivity index (χ3n) is 3.36. The molecule has 10 heteroatoms. The summed E-state index contributed by atoms with van der Waals surface area (Å²) in [4.78, 5) is 7.91. The summed E-state index contributed by atoms with van der Waals surface area (Å²) in [5.41, 5.74) is 0.874. The van der Waals surface area contributed by atoms with Gasteiger partial charge in [-0.25, -0.2) is 22.8 Å². The minimum absolute atomic E-state index is 0.00925. The van der Waals surface area contributed by atoms with Gasteiger partial charge in [0.05, 0.1) is 16.1 Å². The van der Waals surface area contributed by atoms with Gasteiger partial charge in [-0.15, -0.1) is 0 Å². The number of halogens is 3. The van der Waals surface area contributed by atoms with Gasteiger partial charge in [0.1, 0.15) is 17.0 Å². The second-order valence-corrected chi connectivity index (χ2v) is 8.20. The Balaban J connectivity index is 1.86. The number of rotatable bonds is 6. The van der Waals surface area contributed by atoms with Gasteiger partial charge in [0.25, 0.3) is 15.9 Å². The van der Waals surface area contributed by atoms with E-state index in [9.17, 15) is 12.8 Å². The zero-order valence-electron chi connectivity index (χ0n) is 13.6. The average Bonchev–Trinajstić information content (AvgIpc) is 2.64. The molecule has 0 amide bonds. The summed E-state index contributed by atoms with van der Waals surface area (Å²) in [5.74, 6) is -0.828. The van der Waals surface area contributed by atoms with E-state index in [4.69, 9.17) is 16.3 Å². The highest BCUT2D eigenvalue weighted by Gasteiger charge is 2.20. The van der Waals surface area contributed by atoms with Crippen LogP contribution in [0.4, 0.5) is 10.2 Å². The molecule has 0 saturated carbocycles. The molecule has 0 unspecified atom stereocenters. The van der Waals surface area contributed by atoms with Crippen molar-refractivity contribution in [1.82, 2.24) is 9.97 Å². The van der Waals surface area contributed by atoms with Gasteiger partial charge in [-0.2, -0.15) is 0 Å². The van der Waals surface area contributed by atoms with Crippen LogP contribution in [0.5, 0.6) is 5.88 Å². The van der Waals surface area contributed by atoms with E-state index in [1.165, 1.54) is 6.20 Å². The minimum atomic E-state index is -4.07. The summed E-state index contributed by atoms with van der Waals surface area (Å²) in [5, 5.41) is -0.305. The molecule has 6 nitrogen and oxygen atoms in total. The maximum Gasteiger partial charge on any atom is 0.263 e. The zero-order valence-corrected chi connectivity index (χ0v) is 16.7. The topological polar surface area (TPSA) is 81.2 Å². The molecule has 3 aromatic rings. The fourth-order valence-electron chi connectivity index (χ4n) is 2.08. The molecule has 1 aromatic heterocycles. The summed E-state index contributed by atoms with van der Waals surface area (Å²) < 4.78 is 46.7. The molecule has 0 aliphatic carbocycles. The van der Waals surface area contributed by atoms with E-state index in [-0.39, 0.29) is 28.2 Å². The predicted octanol–water partition coefficient (Wildman–Crippen LogP) is 4.41. The van der Waals surface area contributed by atoms with Crippen molar-refractivity contribution in [2.45, 2.75) is 11.5 Å². The monoisotopic (exact) mass is 471 g/mol. The van der Waals surface area contributed by atoms with Crippen molar-refractivity contribution in [3.8, 4) is 5.88 Å². The van der Waals surface area contributed by atoms with E-state index >= 15 is 0 Å². The van der Waals surface area contributed by atoms with Gasteiger partial charge in [-0.1, -0.05) is 41.9 Å². The minimum Gasteiger partial charge on any atom is -0.470 e. The third kappa shape index (κ3) is 4.94. The normalized spacial score (nSPS) is 11.2. The lowest BCUT2D eigenvalue weighted by molar-refractivity contribution is 0.294. The SMILES string of the molecule is O=S(=O)(Nc1ncc(Br)nc1OCc1ccccc1)c1ccc(F)c(Cl)c1. The molecule has 0 radical (unpaired) electrons. The number of hydrogen-bond acceptors (Lipinski definition) is 5. The molecule has 27 heavy (non-hydrogen) atoms. The summed E-state index contributed by atoms with van der Waals surface area (Å²) in [6.07, 6.45) is 1.32. The number of anilines is 1. The van der Waals surface area contributed by atoms with E-state index in [0.717, 1.165) is 23.8 Å². The Morgan fingerprint density at radius 2 is 1.93 bits per heavy atom. The van der Waals surface area contributed by atoms with Gasteiger partial charge in [-0.05, 0) is 39.7 Å². The molecule has 140 valence electrons. The highest BCUT2D eigenvalue weighted by Crippen LogP contribution is 2.26. The van der Waals surface area contributed by atoms with Gasteiger partial charge in [0.2, 0.25) is 5.82 Å². The number of benzene rings is 2.